The van der Waals surface area contributed by atoms with Gasteiger partial charge in [0.25, 0.3) is 0 Å². The zero-order valence-electron chi connectivity index (χ0n) is 11.3. The van der Waals surface area contributed by atoms with Gasteiger partial charge < -0.3 is 15.4 Å². The summed E-state index contributed by atoms with van der Waals surface area (Å²) >= 11 is 0. The molecule has 1 heterocycles. The van der Waals surface area contributed by atoms with Gasteiger partial charge in [0.05, 0.1) is 7.11 Å². The molecule has 0 radical (unpaired) electrons. The fraction of sp³-hybridized carbons (Fsp3) is 0.500. The maximum absolute atomic E-state index is 11.6. The van der Waals surface area contributed by atoms with E-state index in [0.29, 0.717) is 6.54 Å². The highest BCUT2D eigenvalue weighted by molar-refractivity contribution is 5.76. The van der Waals surface area contributed by atoms with Gasteiger partial charge in [-0.25, -0.2) is 0 Å². The van der Waals surface area contributed by atoms with Gasteiger partial charge in [-0.2, -0.15) is 0 Å². The molecule has 1 atom stereocenters. The van der Waals surface area contributed by atoms with Gasteiger partial charge in [-0.05, 0) is 12.1 Å². The molecule has 0 bridgehead atoms. The molecular formula is C14H21N3O2. The van der Waals surface area contributed by atoms with E-state index in [-0.39, 0.29) is 12.0 Å². The number of carbonyl (C=O) groups is 1. The van der Waals surface area contributed by atoms with E-state index < -0.39 is 0 Å². The lowest BCUT2D eigenvalue weighted by atomic mass is 10.2. The summed E-state index contributed by atoms with van der Waals surface area (Å²) in [6.07, 6.45) is 0. The van der Waals surface area contributed by atoms with Gasteiger partial charge in [0.1, 0.15) is 6.04 Å². The Morgan fingerprint density at radius 3 is 2.42 bits per heavy atom. The first-order chi connectivity index (χ1) is 9.26. The van der Waals surface area contributed by atoms with E-state index in [1.54, 1.807) is 0 Å². The van der Waals surface area contributed by atoms with Crippen LogP contribution in [0.1, 0.15) is 0 Å². The number of ether oxygens (including phenoxy) is 1. The average molecular weight is 263 g/mol. The molecule has 5 nitrogen and oxygen atoms in total. The smallest absolute Gasteiger partial charge is 0.324 e. The van der Waals surface area contributed by atoms with Gasteiger partial charge in [0.2, 0.25) is 0 Å². The Labute approximate surface area is 113 Å². The van der Waals surface area contributed by atoms with E-state index in [1.807, 2.05) is 18.2 Å². The monoisotopic (exact) mass is 263 g/mol. The summed E-state index contributed by atoms with van der Waals surface area (Å²) < 4.78 is 4.79. The van der Waals surface area contributed by atoms with Crippen LogP contribution < -0.4 is 10.6 Å². The Kier molecular flexibility index (Phi) is 4.76. The highest BCUT2D eigenvalue weighted by Crippen LogP contribution is 2.16. The van der Waals surface area contributed by atoms with E-state index in [1.165, 1.54) is 12.8 Å². The molecule has 104 valence electrons. The van der Waals surface area contributed by atoms with Crippen molar-refractivity contribution in [2.24, 2.45) is 5.73 Å². The highest BCUT2D eigenvalue weighted by Gasteiger charge is 2.28. The predicted octanol–water partition coefficient (Wildman–Crippen LogP) is 0.309. The summed E-state index contributed by atoms with van der Waals surface area (Å²) in [5, 5.41) is 0. The summed E-state index contributed by atoms with van der Waals surface area (Å²) in [6.45, 7) is 3.75. The lowest BCUT2D eigenvalue weighted by Crippen LogP contribution is -2.55. The second-order valence-corrected chi connectivity index (χ2v) is 4.63. The molecule has 1 aromatic carbocycles. The summed E-state index contributed by atoms with van der Waals surface area (Å²) in [5.41, 5.74) is 6.90. The van der Waals surface area contributed by atoms with Crippen LogP contribution in [0, 0.1) is 0 Å². The number of benzene rings is 1. The van der Waals surface area contributed by atoms with Crippen LogP contribution in [0.15, 0.2) is 30.3 Å². The summed E-state index contributed by atoms with van der Waals surface area (Å²) in [6, 6.07) is 9.99. The third-order valence-electron chi connectivity index (χ3n) is 3.57. The lowest BCUT2D eigenvalue weighted by Gasteiger charge is -2.38. The van der Waals surface area contributed by atoms with Gasteiger partial charge >= 0.3 is 5.97 Å². The molecule has 1 fully saturated rings. The second-order valence-electron chi connectivity index (χ2n) is 4.63. The van der Waals surface area contributed by atoms with Crippen molar-refractivity contribution < 1.29 is 9.53 Å². The molecule has 0 saturated carbocycles. The first-order valence-corrected chi connectivity index (χ1v) is 6.58. The largest absolute Gasteiger partial charge is 0.468 e. The quantitative estimate of drug-likeness (QED) is 0.792. The van der Waals surface area contributed by atoms with Crippen molar-refractivity contribution in [3.05, 3.63) is 30.3 Å². The number of anilines is 1. The normalized spacial score (nSPS) is 18.1. The van der Waals surface area contributed by atoms with E-state index >= 15 is 0 Å². The maximum atomic E-state index is 11.6. The molecule has 2 N–H and O–H groups in total. The van der Waals surface area contributed by atoms with Crippen LogP contribution in [-0.4, -0.2) is 56.7 Å². The van der Waals surface area contributed by atoms with Crippen LogP contribution in [0.5, 0.6) is 0 Å². The third kappa shape index (κ3) is 3.24. The molecule has 0 spiro atoms. The fourth-order valence-electron chi connectivity index (χ4n) is 2.46. The molecule has 19 heavy (non-hydrogen) atoms. The lowest BCUT2D eigenvalue weighted by molar-refractivity contribution is -0.146. The summed E-state index contributed by atoms with van der Waals surface area (Å²) in [7, 11) is 1.41. The van der Waals surface area contributed by atoms with Crippen LogP contribution in [0.2, 0.25) is 0 Å². The number of rotatable bonds is 4. The van der Waals surface area contributed by atoms with Crippen molar-refractivity contribution in [3.8, 4) is 0 Å². The van der Waals surface area contributed by atoms with E-state index in [4.69, 9.17) is 10.5 Å². The van der Waals surface area contributed by atoms with Gasteiger partial charge in [-0.1, -0.05) is 18.2 Å². The topological polar surface area (TPSA) is 58.8 Å². The van der Waals surface area contributed by atoms with Gasteiger partial charge in [-0.3, -0.25) is 9.69 Å². The Morgan fingerprint density at radius 2 is 1.89 bits per heavy atom. The Bertz CT molecular complexity index is 402. The Hall–Kier alpha value is -1.59. The van der Waals surface area contributed by atoms with Crippen molar-refractivity contribution in [2.75, 3.05) is 44.7 Å². The average Bonchev–Trinajstić information content (AvgIpc) is 2.49. The number of carbonyl (C=O) groups excluding carboxylic acids is 1. The van der Waals surface area contributed by atoms with Gasteiger partial charge in [0, 0.05) is 38.4 Å². The van der Waals surface area contributed by atoms with Gasteiger partial charge in [-0.15, -0.1) is 0 Å². The van der Waals surface area contributed by atoms with Gasteiger partial charge in [0.15, 0.2) is 0 Å². The standard InChI is InChI=1S/C14H21N3O2/c1-19-14(18)13(11-15)17-9-7-16(8-10-17)12-5-3-2-4-6-12/h2-6,13H,7-11,15H2,1H3. The van der Waals surface area contributed by atoms with E-state index in [0.717, 1.165) is 26.2 Å². The van der Waals surface area contributed by atoms with Crippen LogP contribution in [0.25, 0.3) is 0 Å². The minimum absolute atomic E-state index is 0.240. The number of para-hydroxylation sites is 1. The zero-order valence-corrected chi connectivity index (χ0v) is 11.3. The van der Waals surface area contributed by atoms with Crippen LogP contribution in [-0.2, 0) is 9.53 Å². The molecule has 0 aliphatic carbocycles. The Balaban J connectivity index is 1.93. The number of piperazine rings is 1. The summed E-state index contributed by atoms with van der Waals surface area (Å²) in [4.78, 5) is 16.1. The molecule has 0 aromatic heterocycles. The van der Waals surface area contributed by atoms with Crippen molar-refractivity contribution in [3.63, 3.8) is 0 Å². The molecule has 1 aromatic rings. The van der Waals surface area contributed by atoms with Crippen molar-refractivity contribution in [1.82, 2.24) is 4.90 Å². The molecule has 2 rings (SSSR count). The second kappa shape index (κ2) is 6.54. The predicted molar refractivity (Wildman–Crippen MR) is 75.1 cm³/mol. The van der Waals surface area contributed by atoms with Crippen LogP contribution in [0.3, 0.4) is 0 Å². The first-order valence-electron chi connectivity index (χ1n) is 6.58. The SMILES string of the molecule is COC(=O)C(CN)N1CCN(c2ccccc2)CC1. The molecule has 1 saturated heterocycles. The van der Waals surface area contributed by atoms with Crippen LogP contribution in [0.4, 0.5) is 5.69 Å². The Morgan fingerprint density at radius 1 is 1.26 bits per heavy atom. The molecule has 1 aliphatic heterocycles. The summed E-state index contributed by atoms with van der Waals surface area (Å²) in [5.74, 6) is -0.240. The van der Waals surface area contributed by atoms with Crippen LogP contribution >= 0.6 is 0 Å². The van der Waals surface area contributed by atoms with Crippen molar-refractivity contribution in [1.29, 1.82) is 0 Å². The van der Waals surface area contributed by atoms with Crippen molar-refractivity contribution >= 4 is 11.7 Å². The highest BCUT2D eigenvalue weighted by atomic mass is 16.5. The number of nitrogens with zero attached hydrogens (tertiary/aromatic N) is 2. The molecule has 5 heteroatoms. The fourth-order valence-corrected chi connectivity index (χ4v) is 2.46. The molecular weight excluding hydrogens is 242 g/mol. The van der Waals surface area contributed by atoms with E-state index in [2.05, 4.69) is 21.9 Å². The van der Waals surface area contributed by atoms with E-state index in [9.17, 15) is 4.79 Å². The number of hydrogen-bond acceptors (Lipinski definition) is 5. The number of hydrogen-bond donors (Lipinski definition) is 1. The minimum atomic E-state index is -0.317. The zero-order chi connectivity index (χ0) is 13.7. The van der Waals surface area contributed by atoms with Crippen molar-refractivity contribution in [2.45, 2.75) is 6.04 Å². The molecule has 1 aliphatic rings. The minimum Gasteiger partial charge on any atom is -0.468 e. The first kappa shape index (κ1) is 13.8. The maximum Gasteiger partial charge on any atom is 0.324 e. The molecule has 1 unspecified atom stereocenters. The molecule has 0 amide bonds. The number of nitrogens with two attached hydrogens (primary N) is 1. The number of esters is 1. The third-order valence-corrected chi connectivity index (χ3v) is 3.57. The number of methoxy groups -OCH3 is 1.